The Balaban J connectivity index is 2.04. The molecule has 0 fully saturated rings. The van der Waals surface area contributed by atoms with Crippen molar-refractivity contribution in [2.24, 2.45) is 0 Å². The number of methoxy groups -OCH3 is 1. The van der Waals surface area contributed by atoms with E-state index < -0.39 is 39.8 Å². The van der Waals surface area contributed by atoms with Gasteiger partial charge in [-0.15, -0.1) is 0 Å². The van der Waals surface area contributed by atoms with Crippen molar-refractivity contribution in [3.05, 3.63) is 90.0 Å². The smallest absolute Gasteiger partial charge is 0.361 e. The van der Waals surface area contributed by atoms with Crippen LogP contribution >= 0.6 is 0 Å². The molecule has 0 radical (unpaired) electrons. The fourth-order valence-corrected chi connectivity index (χ4v) is 3.71. The van der Waals surface area contributed by atoms with Crippen LogP contribution in [0.1, 0.15) is 48.9 Å². The summed E-state index contributed by atoms with van der Waals surface area (Å²) in [6, 6.07) is 5.13. The van der Waals surface area contributed by atoms with Gasteiger partial charge in [0.1, 0.15) is 11.9 Å². The molecule has 0 aliphatic rings. The topological polar surface area (TPSA) is 114 Å². The highest BCUT2D eigenvalue weighted by Crippen LogP contribution is 2.32. The number of rotatable bonds is 9. The highest BCUT2D eigenvalue weighted by atomic mass is 19.4. The molecule has 3 rings (SSSR count). The lowest BCUT2D eigenvalue weighted by atomic mass is 10.1. The van der Waals surface area contributed by atoms with E-state index in [0.29, 0.717) is 16.6 Å². The van der Waals surface area contributed by atoms with Gasteiger partial charge in [0.05, 0.1) is 23.2 Å². The summed E-state index contributed by atoms with van der Waals surface area (Å²) in [5.41, 5.74) is -3.22. The molecule has 0 N–H and O–H groups in total. The quantitative estimate of drug-likeness (QED) is 0.320. The Morgan fingerprint density at radius 2 is 1.92 bits per heavy atom. The number of benzene rings is 1. The minimum atomic E-state index is -4.52. The van der Waals surface area contributed by atoms with Gasteiger partial charge in [0, 0.05) is 25.4 Å². The minimum Gasteiger partial charge on any atom is -0.361 e. The molecular formula is C23H24F3N5O5. The zero-order chi connectivity index (χ0) is 26.6. The normalized spacial score (nSPS) is 12.8. The molecule has 0 saturated carbocycles. The maximum atomic E-state index is 13.3. The average Bonchev–Trinajstić information content (AvgIpc) is 3.26. The largest absolute Gasteiger partial charge is 0.416 e. The lowest BCUT2D eigenvalue weighted by Gasteiger charge is -2.16. The Morgan fingerprint density at radius 1 is 1.22 bits per heavy atom. The van der Waals surface area contributed by atoms with Crippen LogP contribution in [0.2, 0.25) is 0 Å². The van der Waals surface area contributed by atoms with E-state index in [4.69, 9.17) is 4.74 Å². The van der Waals surface area contributed by atoms with Gasteiger partial charge in [-0.3, -0.25) is 24.2 Å². The molecule has 36 heavy (non-hydrogen) atoms. The van der Waals surface area contributed by atoms with Crippen LogP contribution in [0.4, 0.5) is 18.9 Å². The molecule has 10 nitrogen and oxygen atoms in total. The first-order valence-corrected chi connectivity index (χ1v) is 10.9. The fourth-order valence-electron chi connectivity index (χ4n) is 3.71. The van der Waals surface area contributed by atoms with Crippen molar-refractivity contribution in [2.45, 2.75) is 45.8 Å². The van der Waals surface area contributed by atoms with E-state index in [-0.39, 0.29) is 24.3 Å². The summed E-state index contributed by atoms with van der Waals surface area (Å²) in [5, 5.41) is 15.9. The van der Waals surface area contributed by atoms with Gasteiger partial charge in [-0.2, -0.15) is 18.3 Å². The van der Waals surface area contributed by atoms with E-state index in [9.17, 15) is 32.9 Å². The van der Waals surface area contributed by atoms with Gasteiger partial charge in [-0.25, -0.2) is 9.36 Å². The van der Waals surface area contributed by atoms with Gasteiger partial charge in [0.25, 0.3) is 0 Å². The number of nitro groups is 1. The summed E-state index contributed by atoms with van der Waals surface area (Å²) in [5.74, 6) is 0. The molecule has 0 aliphatic heterocycles. The van der Waals surface area contributed by atoms with Crippen molar-refractivity contribution in [1.29, 1.82) is 0 Å². The van der Waals surface area contributed by atoms with Crippen molar-refractivity contribution < 1.29 is 22.8 Å². The molecule has 2 heterocycles. The third-order valence-electron chi connectivity index (χ3n) is 5.47. The third-order valence-corrected chi connectivity index (χ3v) is 5.47. The van der Waals surface area contributed by atoms with Gasteiger partial charge in [-0.1, -0.05) is 25.1 Å². The van der Waals surface area contributed by atoms with Gasteiger partial charge in [0.15, 0.2) is 0 Å². The molecule has 0 bridgehead atoms. The molecular weight excluding hydrogens is 483 g/mol. The van der Waals surface area contributed by atoms with Crippen LogP contribution in [0.15, 0.2) is 46.2 Å². The molecule has 3 aromatic rings. The second-order valence-electron chi connectivity index (χ2n) is 7.89. The highest BCUT2D eigenvalue weighted by molar-refractivity contribution is 5.71. The van der Waals surface area contributed by atoms with E-state index in [1.54, 1.807) is 6.92 Å². The van der Waals surface area contributed by atoms with Crippen LogP contribution in [0.3, 0.4) is 0 Å². The highest BCUT2D eigenvalue weighted by Gasteiger charge is 2.33. The molecule has 1 aromatic carbocycles. The molecule has 0 spiro atoms. The maximum absolute atomic E-state index is 13.3. The van der Waals surface area contributed by atoms with Crippen molar-refractivity contribution in [1.82, 2.24) is 18.9 Å². The van der Waals surface area contributed by atoms with Crippen LogP contribution in [0.5, 0.6) is 0 Å². The molecule has 0 aliphatic carbocycles. The van der Waals surface area contributed by atoms with Crippen LogP contribution < -0.4 is 11.2 Å². The monoisotopic (exact) mass is 507 g/mol. The molecule has 1 unspecified atom stereocenters. The standard InChI is InChI=1S/C23H24F3N5O5/c1-4-11-29-19(20(31(34)35)21(32)30(22(29)33)15(2)36-3)10-9-16-12-27-28(13-16)14-17-7-5-6-8-18(17)23(24,25)26/h5-10,12-13,15H,4,11,14H2,1-3H3/b10-9+. The van der Waals surface area contributed by atoms with Crippen molar-refractivity contribution in [3.8, 4) is 0 Å². The Labute approximate surface area is 203 Å². The summed E-state index contributed by atoms with van der Waals surface area (Å²) in [6.07, 6.45) is 0.367. The van der Waals surface area contributed by atoms with E-state index in [1.807, 2.05) is 0 Å². The SMILES string of the molecule is CCCn1c(/C=C/c2cnn(Cc3ccccc3C(F)(F)F)c2)c([N+](=O)[O-])c(=O)n(C(C)OC)c1=O. The Hall–Kier alpha value is -4.00. The summed E-state index contributed by atoms with van der Waals surface area (Å²) < 4.78 is 48.0. The first kappa shape index (κ1) is 26.6. The van der Waals surface area contributed by atoms with Crippen LogP contribution in [-0.2, 0) is 24.0 Å². The molecule has 192 valence electrons. The Morgan fingerprint density at radius 3 is 2.53 bits per heavy atom. The van der Waals surface area contributed by atoms with E-state index >= 15 is 0 Å². The van der Waals surface area contributed by atoms with Crippen LogP contribution in [-0.4, -0.2) is 30.9 Å². The van der Waals surface area contributed by atoms with Crippen molar-refractivity contribution >= 4 is 17.8 Å². The van der Waals surface area contributed by atoms with Crippen molar-refractivity contribution in [3.63, 3.8) is 0 Å². The summed E-state index contributed by atoms with van der Waals surface area (Å²) in [6.45, 7) is 3.13. The van der Waals surface area contributed by atoms with Crippen LogP contribution in [0, 0.1) is 10.1 Å². The minimum absolute atomic E-state index is 0.0203. The molecule has 0 saturated heterocycles. The van der Waals surface area contributed by atoms with E-state index in [0.717, 1.165) is 10.6 Å². The fraction of sp³-hybridized carbons (Fsp3) is 0.348. The first-order chi connectivity index (χ1) is 17.0. The number of nitrogens with zero attached hydrogens (tertiary/aromatic N) is 5. The summed E-state index contributed by atoms with van der Waals surface area (Å²) >= 11 is 0. The zero-order valence-electron chi connectivity index (χ0n) is 19.7. The third kappa shape index (κ3) is 5.46. The summed E-state index contributed by atoms with van der Waals surface area (Å²) in [4.78, 5) is 36.8. The molecule has 1 atom stereocenters. The Kier molecular flexibility index (Phi) is 7.93. The maximum Gasteiger partial charge on any atom is 0.416 e. The number of hydrogen-bond donors (Lipinski definition) is 0. The number of halogens is 3. The Bertz CT molecular complexity index is 1400. The predicted octanol–water partition coefficient (Wildman–Crippen LogP) is 3.93. The molecule has 13 heteroatoms. The first-order valence-electron chi connectivity index (χ1n) is 10.9. The number of ether oxygens (including phenoxy) is 1. The average molecular weight is 507 g/mol. The lowest BCUT2D eigenvalue weighted by Crippen LogP contribution is -2.44. The van der Waals surface area contributed by atoms with Gasteiger partial charge in [-0.05, 0) is 37.1 Å². The second-order valence-corrected chi connectivity index (χ2v) is 7.89. The summed E-state index contributed by atoms with van der Waals surface area (Å²) in [7, 11) is 1.27. The molecule has 2 aromatic heterocycles. The van der Waals surface area contributed by atoms with Gasteiger partial charge >= 0.3 is 23.1 Å². The van der Waals surface area contributed by atoms with Gasteiger partial charge < -0.3 is 4.74 Å². The van der Waals surface area contributed by atoms with Crippen LogP contribution in [0.25, 0.3) is 12.2 Å². The van der Waals surface area contributed by atoms with Gasteiger partial charge in [0.2, 0.25) is 0 Å². The lowest BCUT2D eigenvalue weighted by molar-refractivity contribution is -0.387. The number of hydrogen-bond acceptors (Lipinski definition) is 6. The van der Waals surface area contributed by atoms with Crippen molar-refractivity contribution in [2.75, 3.05) is 7.11 Å². The zero-order valence-corrected chi connectivity index (χ0v) is 19.7. The van der Waals surface area contributed by atoms with E-state index in [2.05, 4.69) is 5.10 Å². The second kappa shape index (κ2) is 10.7. The number of alkyl halides is 3. The van der Waals surface area contributed by atoms with E-state index in [1.165, 1.54) is 61.5 Å². The predicted molar refractivity (Wildman–Crippen MR) is 125 cm³/mol. The molecule has 0 amide bonds. The number of aromatic nitrogens is 4.